The maximum Gasteiger partial charge on any atom is 0.102 e. The summed E-state index contributed by atoms with van der Waals surface area (Å²) in [6.07, 6.45) is 3.44. The zero-order chi connectivity index (χ0) is 6.97. The monoisotopic (exact) mass is 150 g/mol. The summed E-state index contributed by atoms with van der Waals surface area (Å²) in [6.45, 7) is 2.06. The molecule has 0 aliphatic carbocycles. The molecule has 2 rings (SSSR count). The van der Waals surface area contributed by atoms with E-state index in [9.17, 15) is 0 Å². The fraction of sp³-hybridized carbons (Fsp3) is 0.143. The number of hydrogen-bond donors (Lipinski definition) is 0. The average Bonchev–Trinajstić information content (AvgIpc) is 2.34. The summed E-state index contributed by atoms with van der Waals surface area (Å²) in [5, 5.41) is 2.03. The molecule has 0 fully saturated rings. The van der Waals surface area contributed by atoms with Crippen LogP contribution in [0.15, 0.2) is 17.8 Å². The Bertz CT molecular complexity index is 353. The first-order valence-electron chi connectivity index (χ1n) is 3.03. The van der Waals surface area contributed by atoms with Crippen LogP contribution in [0.5, 0.6) is 0 Å². The summed E-state index contributed by atoms with van der Waals surface area (Å²) in [5.74, 6) is 0. The van der Waals surface area contributed by atoms with E-state index in [1.807, 2.05) is 5.38 Å². The molecule has 3 heteroatoms. The van der Waals surface area contributed by atoms with Crippen molar-refractivity contribution < 1.29 is 0 Å². The molecule has 0 atom stereocenters. The Kier molecular flexibility index (Phi) is 1.17. The van der Waals surface area contributed by atoms with E-state index in [1.54, 1.807) is 23.7 Å². The van der Waals surface area contributed by atoms with Crippen molar-refractivity contribution in [3.05, 3.63) is 22.7 Å². The lowest BCUT2D eigenvalue weighted by Crippen LogP contribution is -1.76. The Morgan fingerprint density at radius 1 is 1.30 bits per heavy atom. The molecule has 10 heavy (non-hydrogen) atoms. The van der Waals surface area contributed by atoms with Crippen molar-refractivity contribution in [2.45, 2.75) is 6.92 Å². The summed E-state index contributed by atoms with van der Waals surface area (Å²) in [4.78, 5) is 9.58. The number of fused-ring (bicyclic) bond motifs is 1. The van der Waals surface area contributed by atoms with Crippen LogP contribution in [0, 0.1) is 6.92 Å². The van der Waals surface area contributed by atoms with Crippen LogP contribution in [-0.2, 0) is 0 Å². The second kappa shape index (κ2) is 2.02. The maximum absolute atomic E-state index is 4.19. The molecule has 2 aromatic heterocycles. The van der Waals surface area contributed by atoms with E-state index in [-0.39, 0.29) is 0 Å². The Balaban J connectivity index is 2.93. The van der Waals surface area contributed by atoms with Crippen LogP contribution in [0.25, 0.3) is 11.0 Å². The van der Waals surface area contributed by atoms with E-state index in [0.29, 0.717) is 0 Å². The van der Waals surface area contributed by atoms with Crippen molar-refractivity contribution in [3.63, 3.8) is 0 Å². The molecule has 50 valence electrons. The first kappa shape index (κ1) is 5.80. The van der Waals surface area contributed by atoms with Gasteiger partial charge in [-0.3, -0.25) is 9.97 Å². The quantitative estimate of drug-likeness (QED) is 0.574. The van der Waals surface area contributed by atoms with Gasteiger partial charge >= 0.3 is 0 Å². The SMILES string of the molecule is Cc1scc2nccnc12. The molecule has 0 bridgehead atoms. The standard InChI is InChI=1S/C7H6N2S/c1-5-7-6(4-10-5)8-2-3-9-7/h2-4H,1H3. The molecule has 2 aromatic rings. The second-order valence-corrected chi connectivity index (χ2v) is 3.17. The largest absolute Gasteiger partial charge is 0.252 e. The highest BCUT2D eigenvalue weighted by Crippen LogP contribution is 2.19. The summed E-state index contributed by atoms with van der Waals surface area (Å²) in [5.41, 5.74) is 2.04. The van der Waals surface area contributed by atoms with Crippen LogP contribution in [0.1, 0.15) is 4.88 Å². The molecule has 0 saturated heterocycles. The van der Waals surface area contributed by atoms with Gasteiger partial charge in [0.1, 0.15) is 5.52 Å². The lowest BCUT2D eigenvalue weighted by Gasteiger charge is -1.85. The van der Waals surface area contributed by atoms with Crippen LogP contribution >= 0.6 is 11.3 Å². The molecule has 2 nitrogen and oxygen atoms in total. The van der Waals surface area contributed by atoms with Gasteiger partial charge in [-0.2, -0.15) is 0 Å². The number of hydrogen-bond acceptors (Lipinski definition) is 3. The lowest BCUT2D eigenvalue weighted by atomic mass is 10.4. The van der Waals surface area contributed by atoms with Gasteiger partial charge in [0.25, 0.3) is 0 Å². The van der Waals surface area contributed by atoms with Gasteiger partial charge in [-0.15, -0.1) is 11.3 Å². The van der Waals surface area contributed by atoms with E-state index in [4.69, 9.17) is 0 Å². The molecule has 0 aliphatic heterocycles. The Hall–Kier alpha value is -0.960. The minimum Gasteiger partial charge on any atom is -0.252 e. The zero-order valence-corrected chi connectivity index (χ0v) is 6.35. The van der Waals surface area contributed by atoms with Crippen LogP contribution in [0.3, 0.4) is 0 Å². The maximum atomic E-state index is 4.19. The van der Waals surface area contributed by atoms with E-state index >= 15 is 0 Å². The summed E-state index contributed by atoms with van der Waals surface area (Å²) >= 11 is 1.69. The van der Waals surface area contributed by atoms with E-state index in [2.05, 4.69) is 16.9 Å². The van der Waals surface area contributed by atoms with Gasteiger partial charge in [0, 0.05) is 22.7 Å². The third-order valence-electron chi connectivity index (χ3n) is 1.41. The van der Waals surface area contributed by atoms with Crippen molar-refractivity contribution in [2.75, 3.05) is 0 Å². The fourth-order valence-electron chi connectivity index (χ4n) is 0.906. The van der Waals surface area contributed by atoms with Gasteiger partial charge in [-0.05, 0) is 6.92 Å². The van der Waals surface area contributed by atoms with Gasteiger partial charge < -0.3 is 0 Å². The van der Waals surface area contributed by atoms with Crippen LogP contribution in [-0.4, -0.2) is 9.97 Å². The van der Waals surface area contributed by atoms with Crippen molar-refractivity contribution in [2.24, 2.45) is 0 Å². The smallest absolute Gasteiger partial charge is 0.102 e. The van der Waals surface area contributed by atoms with Crippen LogP contribution in [0.2, 0.25) is 0 Å². The minimum absolute atomic E-state index is 1.00. The molecule has 0 aliphatic rings. The number of nitrogens with zero attached hydrogens (tertiary/aromatic N) is 2. The predicted molar refractivity (Wildman–Crippen MR) is 42.2 cm³/mol. The minimum atomic E-state index is 1.00. The third kappa shape index (κ3) is 0.708. The molecule has 0 aromatic carbocycles. The highest BCUT2D eigenvalue weighted by atomic mass is 32.1. The average molecular weight is 150 g/mol. The Morgan fingerprint density at radius 2 is 2.10 bits per heavy atom. The lowest BCUT2D eigenvalue weighted by molar-refractivity contribution is 1.30. The molecule has 0 amide bonds. The van der Waals surface area contributed by atoms with Crippen LogP contribution in [0.4, 0.5) is 0 Å². The van der Waals surface area contributed by atoms with Gasteiger partial charge in [0.05, 0.1) is 5.52 Å². The molecule has 0 saturated carbocycles. The molecular weight excluding hydrogens is 144 g/mol. The highest BCUT2D eigenvalue weighted by Gasteiger charge is 1.98. The fourth-order valence-corrected chi connectivity index (χ4v) is 1.64. The van der Waals surface area contributed by atoms with Crippen LogP contribution < -0.4 is 0 Å². The first-order valence-corrected chi connectivity index (χ1v) is 3.91. The summed E-state index contributed by atoms with van der Waals surface area (Å²) in [6, 6.07) is 0. The normalized spacial score (nSPS) is 10.5. The zero-order valence-electron chi connectivity index (χ0n) is 5.53. The summed E-state index contributed by atoms with van der Waals surface area (Å²) in [7, 11) is 0. The highest BCUT2D eigenvalue weighted by molar-refractivity contribution is 7.11. The van der Waals surface area contributed by atoms with Crippen molar-refractivity contribution in [1.82, 2.24) is 9.97 Å². The Morgan fingerprint density at radius 3 is 2.90 bits per heavy atom. The van der Waals surface area contributed by atoms with Crippen molar-refractivity contribution in [3.8, 4) is 0 Å². The van der Waals surface area contributed by atoms with E-state index < -0.39 is 0 Å². The van der Waals surface area contributed by atoms with Gasteiger partial charge in [-0.25, -0.2) is 0 Å². The Labute approximate surface area is 62.6 Å². The number of thiophene rings is 1. The molecule has 0 spiro atoms. The van der Waals surface area contributed by atoms with Gasteiger partial charge in [0.15, 0.2) is 0 Å². The second-order valence-electron chi connectivity index (χ2n) is 2.08. The first-order chi connectivity index (χ1) is 4.88. The number of rotatable bonds is 0. The molecule has 2 heterocycles. The number of aryl methyl sites for hydroxylation is 1. The van der Waals surface area contributed by atoms with Gasteiger partial charge in [-0.1, -0.05) is 0 Å². The molecular formula is C7H6N2S. The van der Waals surface area contributed by atoms with E-state index in [1.165, 1.54) is 4.88 Å². The number of aromatic nitrogens is 2. The topological polar surface area (TPSA) is 25.8 Å². The molecule has 0 N–H and O–H groups in total. The summed E-state index contributed by atoms with van der Waals surface area (Å²) < 4.78 is 0. The van der Waals surface area contributed by atoms with Crippen molar-refractivity contribution >= 4 is 22.4 Å². The molecule has 0 radical (unpaired) electrons. The third-order valence-corrected chi connectivity index (χ3v) is 2.30. The molecule has 0 unspecified atom stereocenters. The van der Waals surface area contributed by atoms with Crippen molar-refractivity contribution in [1.29, 1.82) is 0 Å². The van der Waals surface area contributed by atoms with Gasteiger partial charge in [0.2, 0.25) is 0 Å². The van der Waals surface area contributed by atoms with E-state index in [0.717, 1.165) is 11.0 Å². The predicted octanol–water partition coefficient (Wildman–Crippen LogP) is 2.00.